The van der Waals surface area contributed by atoms with Gasteiger partial charge in [0.15, 0.2) is 0 Å². The summed E-state index contributed by atoms with van der Waals surface area (Å²) in [7, 11) is 0. The summed E-state index contributed by atoms with van der Waals surface area (Å²) in [5.41, 5.74) is 6.41. The number of carboxylic acid groups (broad SMARTS) is 1. The van der Waals surface area contributed by atoms with Crippen LogP contribution in [0.2, 0.25) is 0 Å². The normalized spacial score (nSPS) is 18.0. The molecular weight excluding hydrogens is 390 g/mol. The largest absolute Gasteiger partial charge is 0.481 e. The van der Waals surface area contributed by atoms with E-state index in [9.17, 15) is 4.79 Å². The van der Waals surface area contributed by atoms with E-state index in [0.717, 1.165) is 64.3 Å². The Kier molecular flexibility index (Phi) is 4.86. The third kappa shape index (κ3) is 3.86. The maximum atomic E-state index is 11.0. The number of nitrogens with zero attached hydrogens (tertiary/aromatic N) is 3. The van der Waals surface area contributed by atoms with E-state index in [4.69, 9.17) is 5.11 Å². The van der Waals surface area contributed by atoms with Crippen LogP contribution in [0, 0.1) is 18.8 Å². The first-order chi connectivity index (χ1) is 15.1. The summed E-state index contributed by atoms with van der Waals surface area (Å²) in [6, 6.07) is 14.1. The van der Waals surface area contributed by atoms with Crippen molar-refractivity contribution < 1.29 is 9.90 Å². The summed E-state index contributed by atoms with van der Waals surface area (Å²) in [5, 5.41) is 13.5. The van der Waals surface area contributed by atoms with Crippen LogP contribution in [0.1, 0.15) is 18.5 Å². The van der Waals surface area contributed by atoms with E-state index < -0.39 is 5.97 Å². The second kappa shape index (κ2) is 7.83. The van der Waals surface area contributed by atoms with Gasteiger partial charge in [-0.05, 0) is 56.0 Å². The Bertz CT molecular complexity index is 1260. The number of nitrogens with one attached hydrogen (secondary N) is 2. The molecule has 4 aromatic rings. The van der Waals surface area contributed by atoms with Crippen molar-refractivity contribution >= 4 is 22.6 Å². The van der Waals surface area contributed by atoms with Crippen LogP contribution in [-0.2, 0) is 4.79 Å². The maximum Gasteiger partial charge on any atom is 0.306 e. The number of hydrogen-bond donors (Lipinski definition) is 3. The fourth-order valence-electron chi connectivity index (χ4n) is 4.13. The summed E-state index contributed by atoms with van der Waals surface area (Å²) in [6.45, 7) is 2.74. The molecule has 3 heterocycles. The molecule has 0 spiro atoms. The molecule has 0 unspecified atom stereocenters. The molecule has 156 valence electrons. The molecule has 5 rings (SSSR count). The lowest BCUT2D eigenvalue weighted by Gasteiger charge is -2.32. The third-order valence-corrected chi connectivity index (χ3v) is 5.92. The Morgan fingerprint density at radius 2 is 2.06 bits per heavy atom. The van der Waals surface area contributed by atoms with Crippen molar-refractivity contribution in [2.24, 2.45) is 11.8 Å². The molecule has 1 aromatic carbocycles. The minimum Gasteiger partial charge on any atom is -0.481 e. The summed E-state index contributed by atoms with van der Waals surface area (Å²) >= 11 is 0. The van der Waals surface area contributed by atoms with E-state index in [1.165, 1.54) is 0 Å². The highest BCUT2D eigenvalue weighted by molar-refractivity contribution is 5.88. The number of rotatable bonds is 6. The number of anilines is 1. The first kappa shape index (κ1) is 19.2. The number of hydrogen-bond acceptors (Lipinski definition) is 5. The Morgan fingerprint density at radius 3 is 2.87 bits per heavy atom. The summed E-state index contributed by atoms with van der Waals surface area (Å²) in [6.07, 6.45) is 4.99. The fourth-order valence-corrected chi connectivity index (χ4v) is 4.13. The van der Waals surface area contributed by atoms with Crippen LogP contribution >= 0.6 is 0 Å². The Balaban J connectivity index is 1.38. The van der Waals surface area contributed by atoms with Gasteiger partial charge in [0.1, 0.15) is 0 Å². The van der Waals surface area contributed by atoms with Gasteiger partial charge in [0.2, 0.25) is 0 Å². The standard InChI is InChI=1S/C24H23N5O2/c1-14-3-2-4-21(29-14)23-22(27-13-28-23)16-5-6-20-17(9-16)10-19(12-26-20)25-11-15-7-18(8-15)24(30)31/h2-6,9-10,12-13,15,18,25H,7-8,11H2,1H3,(H,27,28)(H,30,31). The van der Waals surface area contributed by atoms with Crippen molar-refractivity contribution in [1.29, 1.82) is 0 Å². The lowest BCUT2D eigenvalue weighted by atomic mass is 9.75. The van der Waals surface area contributed by atoms with Gasteiger partial charge in [-0.3, -0.25) is 14.8 Å². The van der Waals surface area contributed by atoms with Gasteiger partial charge < -0.3 is 15.4 Å². The smallest absolute Gasteiger partial charge is 0.306 e. The lowest BCUT2D eigenvalue weighted by molar-refractivity contribution is -0.146. The van der Waals surface area contributed by atoms with Crippen LogP contribution in [0.3, 0.4) is 0 Å². The molecular formula is C24H23N5O2. The highest BCUT2D eigenvalue weighted by Crippen LogP contribution is 2.34. The van der Waals surface area contributed by atoms with Crippen molar-refractivity contribution in [1.82, 2.24) is 19.9 Å². The molecule has 0 radical (unpaired) electrons. The molecule has 0 amide bonds. The zero-order valence-electron chi connectivity index (χ0n) is 17.2. The van der Waals surface area contributed by atoms with Gasteiger partial charge in [-0.1, -0.05) is 12.1 Å². The van der Waals surface area contributed by atoms with Crippen molar-refractivity contribution in [2.75, 3.05) is 11.9 Å². The van der Waals surface area contributed by atoms with E-state index in [1.54, 1.807) is 6.33 Å². The minimum absolute atomic E-state index is 0.185. The van der Waals surface area contributed by atoms with Crippen molar-refractivity contribution in [3.05, 3.63) is 60.7 Å². The van der Waals surface area contributed by atoms with E-state index >= 15 is 0 Å². The van der Waals surface area contributed by atoms with Crippen LogP contribution in [0.5, 0.6) is 0 Å². The topological polar surface area (TPSA) is 104 Å². The number of aryl methyl sites for hydroxylation is 1. The molecule has 3 N–H and O–H groups in total. The van der Waals surface area contributed by atoms with Crippen LogP contribution in [0.15, 0.2) is 55.0 Å². The van der Waals surface area contributed by atoms with E-state index in [0.29, 0.717) is 5.92 Å². The molecule has 1 aliphatic carbocycles. The van der Waals surface area contributed by atoms with Gasteiger partial charge in [0.05, 0.1) is 46.7 Å². The van der Waals surface area contributed by atoms with Gasteiger partial charge in [-0.2, -0.15) is 0 Å². The van der Waals surface area contributed by atoms with Gasteiger partial charge in [-0.15, -0.1) is 0 Å². The van der Waals surface area contributed by atoms with E-state index in [-0.39, 0.29) is 5.92 Å². The Hall–Kier alpha value is -3.74. The number of fused-ring (bicyclic) bond motifs is 1. The van der Waals surface area contributed by atoms with Crippen LogP contribution in [0.25, 0.3) is 33.5 Å². The van der Waals surface area contributed by atoms with Crippen molar-refractivity contribution in [3.8, 4) is 22.6 Å². The highest BCUT2D eigenvalue weighted by atomic mass is 16.4. The van der Waals surface area contributed by atoms with Crippen LogP contribution < -0.4 is 5.32 Å². The van der Waals surface area contributed by atoms with Crippen LogP contribution in [-0.4, -0.2) is 37.6 Å². The predicted octanol–water partition coefficient (Wildman–Crippen LogP) is 4.52. The molecule has 7 nitrogen and oxygen atoms in total. The lowest BCUT2D eigenvalue weighted by Crippen LogP contribution is -2.34. The molecule has 1 saturated carbocycles. The quantitative estimate of drug-likeness (QED) is 0.429. The SMILES string of the molecule is Cc1cccc(-c2[nH]cnc2-c2ccc3ncc(NCC4CC(C(=O)O)C4)cc3c2)n1. The van der Waals surface area contributed by atoms with Crippen molar-refractivity contribution in [3.63, 3.8) is 0 Å². The summed E-state index contributed by atoms with van der Waals surface area (Å²) in [5.74, 6) is -0.471. The van der Waals surface area contributed by atoms with Gasteiger partial charge in [0, 0.05) is 23.2 Å². The third-order valence-electron chi connectivity index (χ3n) is 5.92. The second-order valence-corrected chi connectivity index (χ2v) is 8.18. The van der Waals surface area contributed by atoms with E-state index in [1.807, 2.05) is 43.5 Å². The monoisotopic (exact) mass is 413 g/mol. The molecule has 1 fully saturated rings. The number of benzene rings is 1. The molecule has 7 heteroatoms. The number of H-pyrrole nitrogens is 1. The number of aromatic nitrogens is 4. The zero-order chi connectivity index (χ0) is 21.4. The number of pyridine rings is 2. The summed E-state index contributed by atoms with van der Waals surface area (Å²) < 4.78 is 0. The van der Waals surface area contributed by atoms with Gasteiger partial charge in [0.25, 0.3) is 0 Å². The summed E-state index contributed by atoms with van der Waals surface area (Å²) in [4.78, 5) is 27.9. The zero-order valence-corrected chi connectivity index (χ0v) is 17.2. The molecule has 0 aliphatic heterocycles. The molecule has 31 heavy (non-hydrogen) atoms. The van der Waals surface area contributed by atoms with E-state index in [2.05, 4.69) is 37.4 Å². The predicted molar refractivity (Wildman–Crippen MR) is 120 cm³/mol. The average molecular weight is 413 g/mol. The van der Waals surface area contributed by atoms with Gasteiger partial charge in [-0.25, -0.2) is 4.98 Å². The maximum absolute atomic E-state index is 11.0. The van der Waals surface area contributed by atoms with Crippen LogP contribution in [0.4, 0.5) is 5.69 Å². The number of carbonyl (C=O) groups is 1. The first-order valence-corrected chi connectivity index (χ1v) is 10.4. The molecule has 0 bridgehead atoms. The second-order valence-electron chi connectivity index (χ2n) is 8.18. The fraction of sp³-hybridized carbons (Fsp3) is 0.250. The molecule has 1 aliphatic rings. The Labute approximate surface area is 179 Å². The number of imidazole rings is 1. The number of aliphatic carboxylic acids is 1. The Morgan fingerprint density at radius 1 is 1.19 bits per heavy atom. The molecule has 0 saturated heterocycles. The number of carboxylic acids is 1. The highest BCUT2D eigenvalue weighted by Gasteiger charge is 2.33. The number of aromatic amines is 1. The van der Waals surface area contributed by atoms with Gasteiger partial charge >= 0.3 is 5.97 Å². The molecule has 3 aromatic heterocycles. The first-order valence-electron chi connectivity index (χ1n) is 10.4. The average Bonchev–Trinajstić information content (AvgIpc) is 3.22. The minimum atomic E-state index is -0.685. The van der Waals surface area contributed by atoms with Crippen molar-refractivity contribution in [2.45, 2.75) is 19.8 Å². The molecule has 0 atom stereocenters.